The fraction of sp³-hybridized carbons (Fsp3) is 0.214. The molecule has 4 heterocycles. The number of aromatic nitrogens is 5. The summed E-state index contributed by atoms with van der Waals surface area (Å²) in [6, 6.07) is 16.8. The summed E-state index contributed by atoms with van der Waals surface area (Å²) in [5, 5.41) is 9.82. The van der Waals surface area contributed by atoms with Gasteiger partial charge in [0.25, 0.3) is 0 Å². The van der Waals surface area contributed by atoms with Crippen molar-refractivity contribution in [3.05, 3.63) is 95.7 Å². The van der Waals surface area contributed by atoms with Gasteiger partial charge in [-0.05, 0) is 46.7 Å². The van der Waals surface area contributed by atoms with E-state index in [0.717, 1.165) is 41.8 Å². The summed E-state index contributed by atoms with van der Waals surface area (Å²) >= 11 is 0. The largest absolute Gasteiger partial charge is 0.485 e. The van der Waals surface area contributed by atoms with E-state index in [2.05, 4.69) is 73.7 Å². The third-order valence-electron chi connectivity index (χ3n) is 6.52. The average Bonchev–Trinajstić information content (AvgIpc) is 3.33. The Kier molecular flexibility index (Phi) is 6.02. The Morgan fingerprint density at radius 1 is 0.973 bits per heavy atom. The molecule has 1 aliphatic rings. The number of nitrogens with zero attached hydrogens (tertiary/aromatic N) is 6. The first kappa shape index (κ1) is 22.8. The second kappa shape index (κ2) is 9.77. The number of rotatable bonds is 7. The number of ether oxygens (including phenoxy) is 1. The van der Waals surface area contributed by atoms with Gasteiger partial charge in [0, 0.05) is 30.9 Å². The van der Waals surface area contributed by atoms with Crippen LogP contribution in [-0.4, -0.2) is 37.9 Å². The lowest BCUT2D eigenvalue weighted by atomic mass is 10.1. The van der Waals surface area contributed by atoms with Crippen LogP contribution in [0.2, 0.25) is 0 Å². The van der Waals surface area contributed by atoms with Gasteiger partial charge in [0.2, 0.25) is 5.75 Å². The molecule has 0 saturated carbocycles. The molecule has 3 N–H and O–H groups in total. The monoisotopic (exact) mass is 492 g/mol. The van der Waals surface area contributed by atoms with Crippen LogP contribution in [0.3, 0.4) is 0 Å². The van der Waals surface area contributed by atoms with E-state index in [-0.39, 0.29) is 0 Å². The second-order valence-electron chi connectivity index (χ2n) is 9.28. The molecule has 5 aromatic rings. The number of nitrogen functional groups attached to an aromatic ring is 1. The van der Waals surface area contributed by atoms with Crippen LogP contribution in [0.4, 0.5) is 17.5 Å². The lowest BCUT2D eigenvalue weighted by Gasteiger charge is -2.30. The summed E-state index contributed by atoms with van der Waals surface area (Å²) < 4.78 is 7.98. The minimum absolute atomic E-state index is 0.540. The number of fused-ring (bicyclic) bond motifs is 2. The van der Waals surface area contributed by atoms with E-state index < -0.39 is 0 Å². The lowest BCUT2D eigenvalue weighted by Crippen LogP contribution is -2.33. The molecule has 1 aliphatic heterocycles. The van der Waals surface area contributed by atoms with E-state index in [1.165, 1.54) is 16.7 Å². The lowest BCUT2D eigenvalue weighted by molar-refractivity contribution is 0.304. The first-order valence-corrected chi connectivity index (χ1v) is 12.3. The molecule has 0 bridgehead atoms. The summed E-state index contributed by atoms with van der Waals surface area (Å²) in [6.07, 6.45) is 7.25. The molecule has 6 rings (SSSR count). The van der Waals surface area contributed by atoms with Crippen LogP contribution in [0.1, 0.15) is 22.3 Å². The molecule has 0 saturated heterocycles. The predicted molar refractivity (Wildman–Crippen MR) is 145 cm³/mol. The molecule has 0 radical (unpaired) electrons. The van der Waals surface area contributed by atoms with Crippen molar-refractivity contribution >= 4 is 28.2 Å². The van der Waals surface area contributed by atoms with Crippen molar-refractivity contribution in [1.29, 1.82) is 0 Å². The van der Waals surface area contributed by atoms with Crippen LogP contribution in [0.25, 0.3) is 10.8 Å². The average molecular weight is 493 g/mol. The number of hydrogen-bond donors (Lipinski definition) is 2. The SMILES string of the molecule is Cc1cnn(Cc2ccc(CN3CCOc4c(NCc5ccc6c(N)nccc6c5)ncnc43)cc2)c1. The van der Waals surface area contributed by atoms with E-state index in [0.29, 0.717) is 30.5 Å². The molecular formula is C28H28N8O. The third-order valence-corrected chi connectivity index (χ3v) is 6.52. The minimum Gasteiger partial charge on any atom is -0.485 e. The zero-order valence-corrected chi connectivity index (χ0v) is 20.6. The Labute approximate surface area is 214 Å². The van der Waals surface area contributed by atoms with E-state index >= 15 is 0 Å². The molecule has 0 amide bonds. The zero-order valence-electron chi connectivity index (χ0n) is 20.6. The van der Waals surface area contributed by atoms with E-state index in [4.69, 9.17) is 10.5 Å². The Balaban J connectivity index is 1.15. The molecule has 37 heavy (non-hydrogen) atoms. The highest BCUT2D eigenvalue weighted by atomic mass is 16.5. The molecule has 0 unspecified atom stereocenters. The summed E-state index contributed by atoms with van der Waals surface area (Å²) in [4.78, 5) is 15.4. The van der Waals surface area contributed by atoms with E-state index in [9.17, 15) is 0 Å². The molecule has 9 heteroatoms. The van der Waals surface area contributed by atoms with Gasteiger partial charge in [0.05, 0.1) is 19.3 Å². The standard InChI is InChI=1S/C28H28N8O/c1-19-13-34-36(15-19)17-21-4-2-20(3-5-21)16-35-10-11-37-25-27(32-18-33-28(25)35)31-14-22-6-7-24-23(12-22)8-9-30-26(24)29/h2-9,12-13,15,18H,10-11,14,16-17H2,1H3,(H2,29,30)(H,31,32,33). The number of nitrogens with two attached hydrogens (primary N) is 1. The molecular weight excluding hydrogens is 464 g/mol. The predicted octanol–water partition coefficient (Wildman–Crippen LogP) is 4.17. The Hall–Kier alpha value is -4.66. The maximum atomic E-state index is 6.02. The van der Waals surface area contributed by atoms with E-state index in [1.807, 2.05) is 29.1 Å². The topological polar surface area (TPSA) is 107 Å². The van der Waals surface area contributed by atoms with Gasteiger partial charge in [-0.3, -0.25) is 4.68 Å². The molecule has 2 aromatic carbocycles. The number of benzene rings is 2. The number of pyridine rings is 1. The molecule has 0 fully saturated rings. The van der Waals surface area contributed by atoms with Crippen molar-refractivity contribution in [2.75, 3.05) is 29.1 Å². The Bertz CT molecular complexity index is 1550. The highest BCUT2D eigenvalue weighted by Crippen LogP contribution is 2.36. The highest BCUT2D eigenvalue weighted by molar-refractivity contribution is 5.91. The molecule has 9 nitrogen and oxygen atoms in total. The van der Waals surface area contributed by atoms with Crippen LogP contribution in [0.5, 0.6) is 5.75 Å². The summed E-state index contributed by atoms with van der Waals surface area (Å²) in [5.74, 6) is 2.72. The van der Waals surface area contributed by atoms with E-state index in [1.54, 1.807) is 12.5 Å². The normalized spacial score (nSPS) is 12.8. The van der Waals surface area contributed by atoms with Crippen molar-refractivity contribution < 1.29 is 4.74 Å². The summed E-state index contributed by atoms with van der Waals surface area (Å²) in [7, 11) is 0. The minimum atomic E-state index is 0.540. The molecule has 0 atom stereocenters. The fourth-order valence-electron chi connectivity index (χ4n) is 4.62. The Morgan fingerprint density at radius 3 is 2.59 bits per heavy atom. The van der Waals surface area contributed by atoms with Crippen molar-refractivity contribution in [1.82, 2.24) is 24.7 Å². The van der Waals surface area contributed by atoms with Crippen LogP contribution in [-0.2, 0) is 19.6 Å². The number of anilines is 3. The van der Waals surface area contributed by atoms with Crippen LogP contribution in [0.15, 0.2) is 73.4 Å². The van der Waals surface area contributed by atoms with Crippen molar-refractivity contribution in [3.63, 3.8) is 0 Å². The number of hydrogen-bond acceptors (Lipinski definition) is 8. The first-order chi connectivity index (χ1) is 18.1. The van der Waals surface area contributed by atoms with Gasteiger partial charge in [-0.15, -0.1) is 0 Å². The number of aryl methyl sites for hydroxylation is 1. The smallest absolute Gasteiger partial charge is 0.204 e. The van der Waals surface area contributed by atoms with Crippen LogP contribution >= 0.6 is 0 Å². The van der Waals surface area contributed by atoms with Crippen molar-refractivity contribution in [3.8, 4) is 5.75 Å². The van der Waals surface area contributed by atoms with Crippen LogP contribution < -0.4 is 20.7 Å². The van der Waals surface area contributed by atoms with Crippen LogP contribution in [0, 0.1) is 6.92 Å². The van der Waals surface area contributed by atoms with Gasteiger partial charge in [0.1, 0.15) is 18.8 Å². The van der Waals surface area contributed by atoms with Crippen molar-refractivity contribution in [2.45, 2.75) is 26.6 Å². The van der Waals surface area contributed by atoms with Gasteiger partial charge in [0.15, 0.2) is 11.6 Å². The van der Waals surface area contributed by atoms with Gasteiger partial charge in [-0.2, -0.15) is 5.10 Å². The van der Waals surface area contributed by atoms with Gasteiger partial charge < -0.3 is 20.7 Å². The maximum Gasteiger partial charge on any atom is 0.204 e. The van der Waals surface area contributed by atoms with Gasteiger partial charge in [-0.1, -0.05) is 36.4 Å². The first-order valence-electron chi connectivity index (χ1n) is 12.3. The third kappa shape index (κ3) is 4.88. The fourth-order valence-corrected chi connectivity index (χ4v) is 4.62. The molecule has 0 aliphatic carbocycles. The molecule has 186 valence electrons. The molecule has 3 aromatic heterocycles. The quantitative estimate of drug-likeness (QED) is 0.349. The van der Waals surface area contributed by atoms with Gasteiger partial charge in [-0.25, -0.2) is 15.0 Å². The summed E-state index contributed by atoms with van der Waals surface area (Å²) in [5.41, 5.74) is 10.7. The zero-order chi connectivity index (χ0) is 25.2. The second-order valence-corrected chi connectivity index (χ2v) is 9.28. The number of nitrogens with one attached hydrogen (secondary N) is 1. The highest BCUT2D eigenvalue weighted by Gasteiger charge is 2.23. The Morgan fingerprint density at radius 2 is 1.78 bits per heavy atom. The summed E-state index contributed by atoms with van der Waals surface area (Å²) in [6.45, 7) is 5.50. The van der Waals surface area contributed by atoms with Gasteiger partial charge >= 0.3 is 0 Å². The maximum absolute atomic E-state index is 6.02. The molecule has 0 spiro atoms. The van der Waals surface area contributed by atoms with Crippen molar-refractivity contribution in [2.24, 2.45) is 0 Å².